The number of anilines is 1. The van der Waals surface area contributed by atoms with Crippen LogP contribution in [0.2, 0.25) is 0 Å². The molecule has 0 amide bonds. The van der Waals surface area contributed by atoms with Gasteiger partial charge < -0.3 is 10.1 Å². The molecule has 19 heavy (non-hydrogen) atoms. The number of fused-ring (bicyclic) bond motifs is 1. The Balaban J connectivity index is 1.98. The number of ether oxygens (including phenoxy) is 1. The Morgan fingerprint density at radius 2 is 2.11 bits per heavy atom. The first-order chi connectivity index (χ1) is 8.98. The predicted octanol–water partition coefficient (Wildman–Crippen LogP) is 3.81. The van der Waals surface area contributed by atoms with Crippen molar-refractivity contribution >= 4 is 23.2 Å². The van der Waals surface area contributed by atoms with Crippen LogP contribution in [-0.2, 0) is 4.79 Å². The van der Waals surface area contributed by atoms with Crippen LogP contribution in [0.25, 0.3) is 0 Å². The van der Waals surface area contributed by atoms with Crippen molar-refractivity contribution in [2.24, 2.45) is 5.41 Å². The van der Waals surface area contributed by atoms with Crippen molar-refractivity contribution in [2.75, 3.05) is 12.4 Å². The minimum Gasteiger partial charge on any atom is -0.497 e. The third-order valence-corrected chi connectivity index (χ3v) is 4.74. The van der Waals surface area contributed by atoms with E-state index in [1.54, 1.807) is 18.9 Å². The summed E-state index contributed by atoms with van der Waals surface area (Å²) in [6.45, 7) is 4.29. The second-order valence-corrected chi connectivity index (χ2v) is 6.89. The quantitative estimate of drug-likeness (QED) is 0.845. The van der Waals surface area contributed by atoms with E-state index < -0.39 is 0 Å². The van der Waals surface area contributed by atoms with E-state index in [4.69, 9.17) is 4.74 Å². The maximum atomic E-state index is 12.3. The largest absolute Gasteiger partial charge is 0.497 e. The van der Waals surface area contributed by atoms with E-state index in [0.717, 1.165) is 33.4 Å². The SMILES string of the molecule is COc1ccc2c(c1)SC1=C(CC(C)(C)CC1=O)N2. The summed E-state index contributed by atoms with van der Waals surface area (Å²) in [5.74, 6) is 1.07. The number of thioether (sulfide) groups is 1. The molecule has 1 aromatic rings. The summed E-state index contributed by atoms with van der Waals surface area (Å²) in [5.41, 5.74) is 2.19. The predicted molar refractivity (Wildman–Crippen MR) is 77.5 cm³/mol. The smallest absolute Gasteiger partial charge is 0.171 e. The fourth-order valence-electron chi connectivity index (χ4n) is 2.61. The van der Waals surface area contributed by atoms with Crippen LogP contribution < -0.4 is 10.1 Å². The van der Waals surface area contributed by atoms with Gasteiger partial charge in [-0.25, -0.2) is 0 Å². The molecule has 0 radical (unpaired) electrons. The third-order valence-electron chi connectivity index (χ3n) is 3.51. The molecule has 2 aliphatic rings. The lowest BCUT2D eigenvalue weighted by Gasteiger charge is -2.35. The first-order valence-electron chi connectivity index (χ1n) is 6.38. The van der Waals surface area contributed by atoms with Gasteiger partial charge in [-0.15, -0.1) is 0 Å². The number of Topliss-reactive ketones (excluding diaryl/α,β-unsaturated/α-hetero) is 1. The Labute approximate surface area is 117 Å². The molecule has 0 fully saturated rings. The topological polar surface area (TPSA) is 38.3 Å². The van der Waals surface area contributed by atoms with Crippen molar-refractivity contribution in [1.29, 1.82) is 0 Å². The molecular weight excluding hydrogens is 258 g/mol. The number of benzene rings is 1. The van der Waals surface area contributed by atoms with Gasteiger partial charge in [0, 0.05) is 17.0 Å². The number of hydrogen-bond donors (Lipinski definition) is 1. The van der Waals surface area contributed by atoms with E-state index in [2.05, 4.69) is 19.2 Å². The first kappa shape index (κ1) is 12.6. The zero-order chi connectivity index (χ0) is 13.6. The van der Waals surface area contributed by atoms with Crippen LogP contribution in [0.3, 0.4) is 0 Å². The van der Waals surface area contributed by atoms with Gasteiger partial charge in [0.05, 0.1) is 17.7 Å². The van der Waals surface area contributed by atoms with Crippen molar-refractivity contribution in [1.82, 2.24) is 0 Å². The highest BCUT2D eigenvalue weighted by Gasteiger charge is 2.35. The van der Waals surface area contributed by atoms with E-state index in [1.807, 2.05) is 18.2 Å². The molecule has 0 bridgehead atoms. The van der Waals surface area contributed by atoms with Gasteiger partial charge in [0.2, 0.25) is 0 Å². The molecule has 1 aliphatic heterocycles. The zero-order valence-corrected chi connectivity index (χ0v) is 12.2. The van der Waals surface area contributed by atoms with Crippen LogP contribution in [0.4, 0.5) is 5.69 Å². The van der Waals surface area contributed by atoms with Crippen molar-refractivity contribution in [2.45, 2.75) is 31.6 Å². The van der Waals surface area contributed by atoms with Crippen LogP contribution in [-0.4, -0.2) is 12.9 Å². The second-order valence-electron chi connectivity index (χ2n) is 5.84. The van der Waals surface area contributed by atoms with Crippen LogP contribution in [0, 0.1) is 5.41 Å². The number of rotatable bonds is 1. The highest BCUT2D eigenvalue weighted by Crippen LogP contribution is 2.48. The number of carbonyl (C=O) groups excluding carboxylic acids is 1. The molecule has 1 N–H and O–H groups in total. The van der Waals surface area contributed by atoms with E-state index >= 15 is 0 Å². The van der Waals surface area contributed by atoms with Crippen LogP contribution in [0.15, 0.2) is 33.7 Å². The van der Waals surface area contributed by atoms with Crippen molar-refractivity contribution in [3.63, 3.8) is 0 Å². The summed E-state index contributed by atoms with van der Waals surface area (Å²) >= 11 is 1.57. The van der Waals surface area contributed by atoms with Crippen LogP contribution >= 0.6 is 11.8 Å². The molecule has 0 unspecified atom stereocenters. The molecule has 0 spiro atoms. The first-order valence-corrected chi connectivity index (χ1v) is 7.19. The summed E-state index contributed by atoms with van der Waals surface area (Å²) in [4.78, 5) is 14.2. The Morgan fingerprint density at radius 3 is 2.84 bits per heavy atom. The molecule has 1 heterocycles. The highest BCUT2D eigenvalue weighted by atomic mass is 32.2. The molecule has 0 aromatic heterocycles. The molecule has 0 atom stereocenters. The number of allylic oxidation sites excluding steroid dienone is 2. The van der Waals surface area contributed by atoms with Gasteiger partial charge in [-0.05, 0) is 30.0 Å². The lowest BCUT2D eigenvalue weighted by Crippen LogP contribution is -2.28. The van der Waals surface area contributed by atoms with Crippen molar-refractivity contribution in [3.05, 3.63) is 28.8 Å². The Bertz CT molecular complexity index is 590. The fourth-order valence-corrected chi connectivity index (χ4v) is 3.67. The van der Waals surface area contributed by atoms with E-state index in [1.165, 1.54) is 0 Å². The summed E-state index contributed by atoms with van der Waals surface area (Å²) in [5, 5.41) is 3.42. The lowest BCUT2D eigenvalue weighted by molar-refractivity contribution is -0.117. The van der Waals surface area contributed by atoms with E-state index in [-0.39, 0.29) is 11.2 Å². The molecule has 0 saturated carbocycles. The number of ketones is 1. The van der Waals surface area contributed by atoms with Crippen molar-refractivity contribution < 1.29 is 9.53 Å². The van der Waals surface area contributed by atoms with Crippen molar-refractivity contribution in [3.8, 4) is 5.75 Å². The third kappa shape index (κ3) is 2.25. The summed E-state index contributed by atoms with van der Waals surface area (Å²) in [7, 11) is 1.65. The maximum absolute atomic E-state index is 12.3. The summed E-state index contributed by atoms with van der Waals surface area (Å²) in [6, 6.07) is 5.93. The van der Waals surface area contributed by atoms with Gasteiger partial charge in [-0.1, -0.05) is 25.6 Å². The lowest BCUT2D eigenvalue weighted by atomic mass is 9.78. The molecule has 1 aromatic carbocycles. The van der Waals surface area contributed by atoms with E-state index in [9.17, 15) is 4.79 Å². The molecule has 3 rings (SSSR count). The highest BCUT2D eigenvalue weighted by molar-refractivity contribution is 8.04. The van der Waals surface area contributed by atoms with Gasteiger partial charge in [0.1, 0.15) is 5.75 Å². The number of nitrogens with one attached hydrogen (secondary N) is 1. The molecule has 0 saturated heterocycles. The molecule has 1 aliphatic carbocycles. The van der Waals surface area contributed by atoms with E-state index in [0.29, 0.717) is 6.42 Å². The number of hydrogen-bond acceptors (Lipinski definition) is 4. The average Bonchev–Trinajstić information content (AvgIpc) is 2.35. The van der Waals surface area contributed by atoms with Gasteiger partial charge in [0.25, 0.3) is 0 Å². The second kappa shape index (κ2) is 4.30. The Morgan fingerprint density at radius 1 is 1.32 bits per heavy atom. The van der Waals surface area contributed by atoms with Gasteiger partial charge in [0.15, 0.2) is 5.78 Å². The standard InChI is InChI=1S/C15H17NO2S/c1-15(2)7-11-14(12(17)8-15)19-13-6-9(18-3)4-5-10(13)16-11/h4-6,16H,7-8H2,1-3H3. The Hall–Kier alpha value is -1.42. The fraction of sp³-hybridized carbons (Fsp3) is 0.400. The minimum atomic E-state index is 0.0491. The van der Waals surface area contributed by atoms with Gasteiger partial charge in [-0.2, -0.15) is 0 Å². The molecule has 100 valence electrons. The molecule has 4 heteroatoms. The monoisotopic (exact) mass is 275 g/mol. The summed E-state index contributed by atoms with van der Waals surface area (Å²) < 4.78 is 5.23. The van der Waals surface area contributed by atoms with Gasteiger partial charge in [-0.3, -0.25) is 4.79 Å². The van der Waals surface area contributed by atoms with Crippen LogP contribution in [0.5, 0.6) is 5.75 Å². The molecule has 3 nitrogen and oxygen atoms in total. The Kier molecular flexibility index (Phi) is 2.86. The number of carbonyl (C=O) groups is 1. The zero-order valence-electron chi connectivity index (χ0n) is 11.4. The summed E-state index contributed by atoms with van der Waals surface area (Å²) in [6.07, 6.45) is 1.55. The normalized spacial score (nSPS) is 20.5. The van der Waals surface area contributed by atoms with Gasteiger partial charge >= 0.3 is 0 Å². The molecular formula is C15H17NO2S. The van der Waals surface area contributed by atoms with Crippen LogP contribution in [0.1, 0.15) is 26.7 Å². The minimum absolute atomic E-state index is 0.0491. The average molecular weight is 275 g/mol. The maximum Gasteiger partial charge on any atom is 0.171 e. The number of methoxy groups -OCH3 is 1.